The Labute approximate surface area is 66.0 Å². The van der Waals surface area contributed by atoms with Crippen LogP contribution in [0.5, 0.6) is 5.75 Å². The van der Waals surface area contributed by atoms with Crippen LogP contribution in [-0.4, -0.2) is 6.10 Å². The van der Waals surface area contributed by atoms with Gasteiger partial charge in [0.2, 0.25) is 0 Å². The standard InChI is InChI=1S/C10H10O/c1-2-4-9-7(3-1)8-5-6-10(8)11-9/h1-4,8,10H,5-6H2. The molecule has 0 radical (unpaired) electrons. The minimum Gasteiger partial charge on any atom is -0.489 e. The first-order valence-corrected chi connectivity index (χ1v) is 4.21. The topological polar surface area (TPSA) is 9.23 Å². The molecule has 1 aliphatic heterocycles. The average Bonchev–Trinajstić information content (AvgIpc) is 2.23. The number of hydrogen-bond donors (Lipinski definition) is 0. The summed E-state index contributed by atoms with van der Waals surface area (Å²) in [6.07, 6.45) is 3.09. The highest BCUT2D eigenvalue weighted by Crippen LogP contribution is 2.48. The lowest BCUT2D eigenvalue weighted by atomic mass is 9.79. The molecular weight excluding hydrogens is 136 g/mol. The molecule has 56 valence electrons. The van der Waals surface area contributed by atoms with Crippen molar-refractivity contribution < 1.29 is 4.74 Å². The third kappa shape index (κ3) is 0.609. The second-order valence-corrected chi connectivity index (χ2v) is 3.38. The summed E-state index contributed by atoms with van der Waals surface area (Å²) >= 11 is 0. The zero-order valence-electron chi connectivity index (χ0n) is 6.29. The SMILES string of the molecule is c1ccc2c(c1)OC1CCC21. The Bertz CT molecular complexity index is 293. The summed E-state index contributed by atoms with van der Waals surface area (Å²) in [6, 6.07) is 8.42. The molecule has 1 saturated carbocycles. The van der Waals surface area contributed by atoms with Crippen molar-refractivity contribution in [1.82, 2.24) is 0 Å². The van der Waals surface area contributed by atoms with Crippen LogP contribution >= 0.6 is 0 Å². The third-order valence-corrected chi connectivity index (χ3v) is 2.81. The quantitative estimate of drug-likeness (QED) is 0.545. The molecule has 1 nitrogen and oxygen atoms in total. The average molecular weight is 146 g/mol. The van der Waals surface area contributed by atoms with Gasteiger partial charge in [0.05, 0.1) is 0 Å². The van der Waals surface area contributed by atoms with Crippen molar-refractivity contribution >= 4 is 0 Å². The van der Waals surface area contributed by atoms with Crippen LogP contribution in [0.15, 0.2) is 24.3 Å². The van der Waals surface area contributed by atoms with E-state index in [1.807, 2.05) is 6.07 Å². The van der Waals surface area contributed by atoms with Crippen molar-refractivity contribution in [1.29, 1.82) is 0 Å². The van der Waals surface area contributed by atoms with Gasteiger partial charge < -0.3 is 4.74 Å². The Morgan fingerprint density at radius 3 is 2.91 bits per heavy atom. The number of ether oxygens (including phenoxy) is 1. The minimum atomic E-state index is 0.521. The monoisotopic (exact) mass is 146 g/mol. The first-order chi connectivity index (χ1) is 5.45. The number of para-hydroxylation sites is 1. The van der Waals surface area contributed by atoms with E-state index in [0.29, 0.717) is 6.10 Å². The van der Waals surface area contributed by atoms with Crippen LogP contribution in [0.2, 0.25) is 0 Å². The molecule has 11 heavy (non-hydrogen) atoms. The molecule has 0 aromatic heterocycles. The molecule has 1 aromatic carbocycles. The van der Waals surface area contributed by atoms with Gasteiger partial charge in [-0.3, -0.25) is 0 Å². The van der Waals surface area contributed by atoms with Gasteiger partial charge in [0.15, 0.2) is 0 Å². The molecule has 1 heterocycles. The van der Waals surface area contributed by atoms with Crippen molar-refractivity contribution in [3.05, 3.63) is 29.8 Å². The predicted molar refractivity (Wildman–Crippen MR) is 42.8 cm³/mol. The summed E-state index contributed by atoms with van der Waals surface area (Å²) in [6.45, 7) is 0. The molecule has 0 N–H and O–H groups in total. The molecule has 2 aliphatic rings. The Hall–Kier alpha value is -0.980. The van der Waals surface area contributed by atoms with E-state index in [0.717, 1.165) is 11.7 Å². The van der Waals surface area contributed by atoms with E-state index in [2.05, 4.69) is 18.2 Å². The Morgan fingerprint density at radius 2 is 2.09 bits per heavy atom. The molecule has 2 atom stereocenters. The van der Waals surface area contributed by atoms with Crippen LogP contribution in [0.25, 0.3) is 0 Å². The van der Waals surface area contributed by atoms with Crippen molar-refractivity contribution in [3.8, 4) is 5.75 Å². The molecule has 1 heteroatoms. The van der Waals surface area contributed by atoms with Crippen LogP contribution in [-0.2, 0) is 0 Å². The smallest absolute Gasteiger partial charge is 0.123 e. The zero-order chi connectivity index (χ0) is 7.26. The maximum atomic E-state index is 5.71. The van der Waals surface area contributed by atoms with Crippen LogP contribution < -0.4 is 4.74 Å². The third-order valence-electron chi connectivity index (χ3n) is 2.81. The summed E-state index contributed by atoms with van der Waals surface area (Å²) in [4.78, 5) is 0. The van der Waals surface area contributed by atoms with Crippen molar-refractivity contribution in [3.63, 3.8) is 0 Å². The molecule has 0 spiro atoms. The van der Waals surface area contributed by atoms with Gasteiger partial charge in [-0.15, -0.1) is 0 Å². The molecule has 1 aliphatic carbocycles. The van der Waals surface area contributed by atoms with E-state index in [4.69, 9.17) is 4.74 Å². The Balaban J connectivity index is 2.14. The fourth-order valence-electron chi connectivity index (χ4n) is 2.02. The fourth-order valence-corrected chi connectivity index (χ4v) is 2.02. The molecule has 1 aromatic rings. The van der Waals surface area contributed by atoms with Gasteiger partial charge in [0.1, 0.15) is 11.9 Å². The lowest BCUT2D eigenvalue weighted by Gasteiger charge is -2.28. The summed E-state index contributed by atoms with van der Waals surface area (Å²) in [5, 5.41) is 0. The number of fused-ring (bicyclic) bond motifs is 3. The Kier molecular flexibility index (Phi) is 0.916. The highest BCUT2D eigenvalue weighted by Gasteiger charge is 2.40. The Morgan fingerprint density at radius 1 is 1.18 bits per heavy atom. The summed E-state index contributed by atoms with van der Waals surface area (Å²) < 4.78 is 5.71. The highest BCUT2D eigenvalue weighted by atomic mass is 16.5. The van der Waals surface area contributed by atoms with E-state index in [1.165, 1.54) is 18.4 Å². The van der Waals surface area contributed by atoms with Crippen molar-refractivity contribution in [2.75, 3.05) is 0 Å². The van der Waals surface area contributed by atoms with E-state index in [9.17, 15) is 0 Å². The van der Waals surface area contributed by atoms with Gasteiger partial charge in [0.25, 0.3) is 0 Å². The molecule has 1 fully saturated rings. The van der Waals surface area contributed by atoms with Gasteiger partial charge >= 0.3 is 0 Å². The first kappa shape index (κ1) is 5.64. The van der Waals surface area contributed by atoms with Gasteiger partial charge in [-0.25, -0.2) is 0 Å². The molecule has 0 saturated heterocycles. The van der Waals surface area contributed by atoms with Crippen LogP contribution in [0, 0.1) is 0 Å². The van der Waals surface area contributed by atoms with E-state index in [1.54, 1.807) is 0 Å². The molecule has 0 amide bonds. The second-order valence-electron chi connectivity index (χ2n) is 3.38. The van der Waals surface area contributed by atoms with Crippen LogP contribution in [0.4, 0.5) is 0 Å². The maximum Gasteiger partial charge on any atom is 0.123 e. The zero-order valence-corrected chi connectivity index (χ0v) is 6.29. The predicted octanol–water partition coefficient (Wildman–Crippen LogP) is 2.33. The van der Waals surface area contributed by atoms with Gasteiger partial charge in [-0.05, 0) is 18.9 Å². The largest absolute Gasteiger partial charge is 0.489 e. The lowest BCUT2D eigenvalue weighted by Crippen LogP contribution is -2.28. The van der Waals surface area contributed by atoms with Gasteiger partial charge in [-0.1, -0.05) is 18.2 Å². The second kappa shape index (κ2) is 1.79. The number of rotatable bonds is 0. The summed E-state index contributed by atoms with van der Waals surface area (Å²) in [5.41, 5.74) is 1.43. The highest BCUT2D eigenvalue weighted by molar-refractivity contribution is 5.42. The molecule has 2 unspecified atom stereocenters. The van der Waals surface area contributed by atoms with E-state index >= 15 is 0 Å². The molecule has 3 rings (SSSR count). The maximum absolute atomic E-state index is 5.71. The normalized spacial score (nSPS) is 31.6. The summed E-state index contributed by atoms with van der Waals surface area (Å²) in [5.74, 6) is 1.85. The molecular formula is C10H10O. The fraction of sp³-hybridized carbons (Fsp3) is 0.400. The van der Waals surface area contributed by atoms with E-state index in [-0.39, 0.29) is 0 Å². The minimum absolute atomic E-state index is 0.521. The lowest BCUT2D eigenvalue weighted by molar-refractivity contribution is 0.126. The number of hydrogen-bond acceptors (Lipinski definition) is 1. The summed E-state index contributed by atoms with van der Waals surface area (Å²) in [7, 11) is 0. The van der Waals surface area contributed by atoms with Crippen molar-refractivity contribution in [2.45, 2.75) is 24.9 Å². The van der Waals surface area contributed by atoms with Crippen LogP contribution in [0.3, 0.4) is 0 Å². The van der Waals surface area contributed by atoms with E-state index < -0.39 is 0 Å². The van der Waals surface area contributed by atoms with Crippen LogP contribution in [0.1, 0.15) is 24.3 Å². The van der Waals surface area contributed by atoms with Gasteiger partial charge in [0, 0.05) is 11.5 Å². The first-order valence-electron chi connectivity index (χ1n) is 4.21. The van der Waals surface area contributed by atoms with Gasteiger partial charge in [-0.2, -0.15) is 0 Å². The molecule has 0 bridgehead atoms. The van der Waals surface area contributed by atoms with Crippen molar-refractivity contribution in [2.24, 2.45) is 0 Å². The number of benzene rings is 1.